The van der Waals surface area contributed by atoms with E-state index < -0.39 is 11.7 Å². The molecule has 0 saturated heterocycles. The summed E-state index contributed by atoms with van der Waals surface area (Å²) in [5.74, 6) is -0.203. The average Bonchev–Trinajstić information content (AvgIpc) is 3.19. The van der Waals surface area contributed by atoms with Gasteiger partial charge < -0.3 is 9.88 Å². The van der Waals surface area contributed by atoms with Gasteiger partial charge in [0.1, 0.15) is 0 Å². The van der Waals surface area contributed by atoms with E-state index in [1.165, 1.54) is 12.1 Å². The fourth-order valence-corrected chi connectivity index (χ4v) is 4.35. The third kappa shape index (κ3) is 5.94. The van der Waals surface area contributed by atoms with Crippen LogP contribution in [0.2, 0.25) is 0 Å². The number of benzene rings is 3. The molecule has 3 aromatic carbocycles. The first-order chi connectivity index (χ1) is 16.7. The summed E-state index contributed by atoms with van der Waals surface area (Å²) in [6.07, 6.45) is -2.22. The molecule has 1 atom stereocenters. The number of nitrogens with zero attached hydrogens (tertiary/aromatic N) is 1. The molecule has 3 nitrogen and oxygen atoms in total. The molecule has 0 spiro atoms. The Labute approximate surface area is 203 Å². The number of hydrogen-bond donors (Lipinski definition) is 1. The molecule has 0 unspecified atom stereocenters. The minimum Gasteiger partial charge on any atom is -0.356 e. The molecule has 0 saturated carbocycles. The quantitative estimate of drug-likeness (QED) is 0.291. The first-order valence-electron chi connectivity index (χ1n) is 11.8. The maximum atomic E-state index is 13.2. The smallest absolute Gasteiger partial charge is 0.356 e. The van der Waals surface area contributed by atoms with Crippen molar-refractivity contribution in [2.45, 2.75) is 38.9 Å². The van der Waals surface area contributed by atoms with Crippen molar-refractivity contribution in [2.75, 3.05) is 6.54 Å². The molecule has 6 heteroatoms. The van der Waals surface area contributed by atoms with Gasteiger partial charge in [0.05, 0.1) is 5.56 Å². The Morgan fingerprint density at radius 2 is 1.57 bits per heavy atom. The van der Waals surface area contributed by atoms with Crippen LogP contribution in [0.3, 0.4) is 0 Å². The van der Waals surface area contributed by atoms with E-state index in [1.54, 1.807) is 0 Å². The fraction of sp³-hybridized carbons (Fsp3) is 0.276. The predicted molar refractivity (Wildman–Crippen MR) is 133 cm³/mol. The highest BCUT2D eigenvalue weighted by atomic mass is 19.4. The Morgan fingerprint density at radius 3 is 2.23 bits per heavy atom. The molecule has 1 amide bonds. The molecular weight excluding hydrogens is 449 g/mol. The Hall–Kier alpha value is -3.54. The summed E-state index contributed by atoms with van der Waals surface area (Å²) in [4.78, 5) is 12.9. The van der Waals surface area contributed by atoms with Gasteiger partial charge in [-0.25, -0.2) is 0 Å². The Kier molecular flexibility index (Phi) is 7.29. The van der Waals surface area contributed by atoms with Gasteiger partial charge in [0.15, 0.2) is 0 Å². The van der Waals surface area contributed by atoms with Gasteiger partial charge in [-0.2, -0.15) is 13.2 Å². The summed E-state index contributed by atoms with van der Waals surface area (Å²) >= 11 is 0. The normalized spacial score (nSPS) is 12.7. The topological polar surface area (TPSA) is 34.0 Å². The van der Waals surface area contributed by atoms with Gasteiger partial charge in [0, 0.05) is 42.5 Å². The average molecular weight is 479 g/mol. The lowest BCUT2D eigenvalue weighted by Gasteiger charge is -2.19. The van der Waals surface area contributed by atoms with Crippen LogP contribution in [0.4, 0.5) is 13.2 Å². The van der Waals surface area contributed by atoms with E-state index in [4.69, 9.17) is 0 Å². The van der Waals surface area contributed by atoms with E-state index in [9.17, 15) is 18.0 Å². The number of fused-ring (bicyclic) bond motifs is 1. The maximum absolute atomic E-state index is 13.2. The highest BCUT2D eigenvalue weighted by molar-refractivity contribution is 5.86. The van der Waals surface area contributed by atoms with Crippen LogP contribution >= 0.6 is 0 Å². The molecular formula is C29H29F3N2O. The second kappa shape index (κ2) is 10.4. The van der Waals surface area contributed by atoms with Crippen molar-refractivity contribution in [3.63, 3.8) is 0 Å². The number of carbonyl (C=O) groups is 1. The molecule has 182 valence electrons. The fourth-order valence-electron chi connectivity index (χ4n) is 4.35. The summed E-state index contributed by atoms with van der Waals surface area (Å²) in [6.45, 7) is 5.24. The van der Waals surface area contributed by atoms with Crippen LogP contribution < -0.4 is 5.32 Å². The van der Waals surface area contributed by atoms with E-state index in [2.05, 4.69) is 22.0 Å². The summed E-state index contributed by atoms with van der Waals surface area (Å²) in [5.41, 5.74) is 3.07. The van der Waals surface area contributed by atoms with Crippen molar-refractivity contribution < 1.29 is 18.0 Å². The van der Waals surface area contributed by atoms with Gasteiger partial charge in [-0.3, -0.25) is 4.79 Å². The third-order valence-electron chi connectivity index (χ3n) is 6.13. The van der Waals surface area contributed by atoms with Crippen LogP contribution in [0.25, 0.3) is 10.9 Å². The van der Waals surface area contributed by atoms with Crippen LogP contribution in [0.5, 0.6) is 0 Å². The minimum atomic E-state index is -4.41. The second-order valence-corrected chi connectivity index (χ2v) is 9.29. The first-order valence-corrected chi connectivity index (χ1v) is 11.8. The van der Waals surface area contributed by atoms with Crippen molar-refractivity contribution in [2.24, 2.45) is 5.92 Å². The van der Waals surface area contributed by atoms with Crippen LogP contribution in [0.15, 0.2) is 85.1 Å². The van der Waals surface area contributed by atoms with E-state index >= 15 is 0 Å². The van der Waals surface area contributed by atoms with E-state index in [1.807, 2.05) is 62.5 Å². The van der Waals surface area contributed by atoms with E-state index in [0.29, 0.717) is 24.6 Å². The lowest BCUT2D eigenvalue weighted by Crippen LogP contribution is -2.28. The Balaban J connectivity index is 1.76. The standard InChI is InChI=1S/C29H29F3N2O/c1-20(2)17-33-28(35)16-25(22-12-14-23(15-13-22)29(30,31)32)26-19-34(18-21-8-4-3-5-9-21)27-11-7-6-10-24(26)27/h3-15,19-20,25H,16-18H2,1-2H3,(H,33,35)/t25-/m1/s1. The van der Waals surface area contributed by atoms with Crippen LogP contribution in [0.1, 0.15) is 48.4 Å². The molecule has 0 bridgehead atoms. The summed E-state index contributed by atoms with van der Waals surface area (Å²) < 4.78 is 41.7. The lowest BCUT2D eigenvalue weighted by atomic mass is 9.87. The molecule has 4 aromatic rings. The Morgan fingerprint density at radius 1 is 0.914 bits per heavy atom. The summed E-state index contributed by atoms with van der Waals surface area (Å²) in [7, 11) is 0. The first kappa shape index (κ1) is 24.6. The van der Waals surface area contributed by atoms with Gasteiger partial charge in [-0.05, 0) is 40.8 Å². The number of aromatic nitrogens is 1. The number of amides is 1. The monoisotopic (exact) mass is 478 g/mol. The van der Waals surface area contributed by atoms with Crippen molar-refractivity contribution in [1.29, 1.82) is 0 Å². The second-order valence-electron chi connectivity index (χ2n) is 9.29. The zero-order chi connectivity index (χ0) is 25.0. The predicted octanol–water partition coefficient (Wildman–Crippen LogP) is 7.00. The van der Waals surface area contributed by atoms with Crippen molar-refractivity contribution in [3.8, 4) is 0 Å². The largest absolute Gasteiger partial charge is 0.416 e. The number of alkyl halides is 3. The molecule has 4 rings (SSSR count). The molecule has 0 aliphatic heterocycles. The number of carbonyl (C=O) groups excluding carboxylic acids is 1. The van der Waals surface area contributed by atoms with Crippen molar-refractivity contribution in [1.82, 2.24) is 9.88 Å². The van der Waals surface area contributed by atoms with Crippen molar-refractivity contribution in [3.05, 3.63) is 107 Å². The highest BCUT2D eigenvalue weighted by Crippen LogP contribution is 2.37. The SMILES string of the molecule is CC(C)CNC(=O)C[C@H](c1ccc(C(F)(F)F)cc1)c1cn(Cc2ccccc2)c2ccccc12. The van der Waals surface area contributed by atoms with E-state index in [-0.39, 0.29) is 18.2 Å². The van der Waals surface area contributed by atoms with Gasteiger partial charge >= 0.3 is 6.18 Å². The molecule has 0 fully saturated rings. The van der Waals surface area contributed by atoms with Crippen molar-refractivity contribution >= 4 is 16.8 Å². The molecule has 0 radical (unpaired) electrons. The molecule has 1 heterocycles. The minimum absolute atomic E-state index is 0.122. The summed E-state index contributed by atoms with van der Waals surface area (Å²) in [5, 5.41) is 3.95. The Bertz CT molecular complexity index is 1280. The highest BCUT2D eigenvalue weighted by Gasteiger charge is 2.31. The van der Waals surface area contributed by atoms with Gasteiger partial charge in [-0.15, -0.1) is 0 Å². The zero-order valence-electron chi connectivity index (χ0n) is 19.8. The number of nitrogens with one attached hydrogen (secondary N) is 1. The number of hydrogen-bond acceptors (Lipinski definition) is 1. The number of rotatable bonds is 8. The van der Waals surface area contributed by atoms with E-state index in [0.717, 1.165) is 34.2 Å². The summed E-state index contributed by atoms with van der Waals surface area (Å²) in [6, 6.07) is 23.2. The number of para-hydroxylation sites is 1. The number of halogens is 3. The van der Waals surface area contributed by atoms with Gasteiger partial charge in [0.25, 0.3) is 0 Å². The van der Waals surface area contributed by atoms with Crippen LogP contribution in [-0.2, 0) is 17.5 Å². The third-order valence-corrected chi connectivity index (χ3v) is 6.13. The van der Waals surface area contributed by atoms with Crippen LogP contribution in [-0.4, -0.2) is 17.0 Å². The molecule has 0 aliphatic carbocycles. The maximum Gasteiger partial charge on any atom is 0.416 e. The van der Waals surface area contributed by atoms with Gasteiger partial charge in [0.2, 0.25) is 5.91 Å². The van der Waals surface area contributed by atoms with Crippen LogP contribution in [0, 0.1) is 5.92 Å². The molecule has 35 heavy (non-hydrogen) atoms. The molecule has 1 N–H and O–H groups in total. The molecule has 0 aliphatic rings. The van der Waals surface area contributed by atoms with Gasteiger partial charge in [-0.1, -0.05) is 74.5 Å². The zero-order valence-corrected chi connectivity index (χ0v) is 19.8. The lowest BCUT2D eigenvalue weighted by molar-refractivity contribution is -0.137. The molecule has 1 aromatic heterocycles.